The Morgan fingerprint density at radius 2 is 1.94 bits per heavy atom. The molecule has 1 aromatic heterocycles. The second kappa shape index (κ2) is 9.40. The van der Waals surface area contributed by atoms with Gasteiger partial charge in [0.05, 0.1) is 22.6 Å². The number of alkyl halides is 3. The van der Waals surface area contributed by atoms with Crippen molar-refractivity contribution in [1.29, 1.82) is 0 Å². The van der Waals surface area contributed by atoms with Crippen molar-refractivity contribution in [2.75, 3.05) is 11.1 Å². The van der Waals surface area contributed by atoms with E-state index in [4.69, 9.17) is 11.6 Å². The van der Waals surface area contributed by atoms with Crippen LogP contribution in [0.3, 0.4) is 0 Å². The molecule has 0 unspecified atom stereocenters. The number of nitro groups is 1. The molecule has 1 heterocycles. The van der Waals surface area contributed by atoms with E-state index in [1.165, 1.54) is 18.3 Å². The summed E-state index contributed by atoms with van der Waals surface area (Å²) < 4.78 is 40.3. The lowest BCUT2D eigenvalue weighted by Crippen LogP contribution is -2.20. The molecule has 1 N–H and O–H groups in total. The zero-order valence-electron chi connectivity index (χ0n) is 15.6. The zero-order valence-corrected chi connectivity index (χ0v) is 17.2. The van der Waals surface area contributed by atoms with Gasteiger partial charge in [-0.15, -0.1) is 0 Å². The molecule has 12 heteroatoms. The van der Waals surface area contributed by atoms with Crippen LogP contribution in [0.25, 0.3) is 11.3 Å². The van der Waals surface area contributed by atoms with Crippen molar-refractivity contribution in [2.24, 2.45) is 0 Å². The SMILES string of the molecule is O=C(CSc1ncc(-c2ccccc2)n1CC(F)(F)F)Nc1ccc(Cl)cc1[N+](=O)[O-]. The maximum Gasteiger partial charge on any atom is 0.406 e. The average molecular weight is 471 g/mol. The predicted octanol–water partition coefficient (Wildman–Crippen LogP) is 5.40. The summed E-state index contributed by atoms with van der Waals surface area (Å²) in [5.41, 5.74) is 0.348. The first-order valence-electron chi connectivity index (χ1n) is 8.68. The largest absolute Gasteiger partial charge is 0.406 e. The quantitative estimate of drug-likeness (QED) is 0.283. The van der Waals surface area contributed by atoms with Gasteiger partial charge in [-0.1, -0.05) is 53.7 Å². The molecule has 7 nitrogen and oxygen atoms in total. The van der Waals surface area contributed by atoms with Gasteiger partial charge in [-0.05, 0) is 17.7 Å². The molecule has 0 aliphatic carbocycles. The fraction of sp³-hybridized carbons (Fsp3) is 0.158. The molecule has 0 saturated carbocycles. The smallest absolute Gasteiger partial charge is 0.320 e. The highest BCUT2D eigenvalue weighted by atomic mass is 35.5. The molecule has 0 bridgehead atoms. The number of amides is 1. The van der Waals surface area contributed by atoms with Crippen LogP contribution in [-0.2, 0) is 11.3 Å². The molecule has 0 aliphatic rings. The third-order valence-electron chi connectivity index (χ3n) is 3.99. The standard InChI is InChI=1S/C19H14ClF3N4O3S/c20-13-6-7-14(15(8-13)27(29)30)25-17(28)10-31-18-24-9-16(12-4-2-1-3-5-12)26(18)11-19(21,22)23/h1-9H,10-11H2,(H,25,28). The molecular formula is C19H14ClF3N4O3S. The Kier molecular flexibility index (Phi) is 6.86. The fourth-order valence-electron chi connectivity index (χ4n) is 2.72. The zero-order chi connectivity index (χ0) is 22.6. The van der Waals surface area contributed by atoms with Crippen LogP contribution in [0.5, 0.6) is 0 Å². The van der Waals surface area contributed by atoms with Gasteiger partial charge in [0.25, 0.3) is 5.69 Å². The summed E-state index contributed by atoms with van der Waals surface area (Å²) in [5.74, 6) is -0.943. The van der Waals surface area contributed by atoms with Crippen molar-refractivity contribution in [1.82, 2.24) is 9.55 Å². The van der Waals surface area contributed by atoms with Gasteiger partial charge in [0.15, 0.2) is 5.16 Å². The van der Waals surface area contributed by atoms with Gasteiger partial charge in [-0.2, -0.15) is 13.2 Å². The van der Waals surface area contributed by atoms with E-state index in [0.717, 1.165) is 22.4 Å². The van der Waals surface area contributed by atoms with E-state index in [0.29, 0.717) is 5.56 Å². The van der Waals surface area contributed by atoms with Crippen LogP contribution in [-0.4, -0.2) is 32.3 Å². The van der Waals surface area contributed by atoms with E-state index in [9.17, 15) is 28.1 Å². The third kappa shape index (κ3) is 5.98. The van der Waals surface area contributed by atoms with Crippen LogP contribution >= 0.6 is 23.4 Å². The third-order valence-corrected chi connectivity index (χ3v) is 5.21. The molecule has 3 aromatic rings. The van der Waals surface area contributed by atoms with E-state index in [-0.39, 0.29) is 27.3 Å². The lowest BCUT2D eigenvalue weighted by molar-refractivity contribution is -0.383. The topological polar surface area (TPSA) is 90.1 Å². The van der Waals surface area contributed by atoms with E-state index < -0.39 is 29.2 Å². The minimum atomic E-state index is -4.49. The highest BCUT2D eigenvalue weighted by molar-refractivity contribution is 7.99. The maximum absolute atomic E-state index is 13.1. The van der Waals surface area contributed by atoms with Gasteiger partial charge in [-0.3, -0.25) is 14.9 Å². The van der Waals surface area contributed by atoms with Crippen LogP contribution in [0.1, 0.15) is 0 Å². The first-order valence-corrected chi connectivity index (χ1v) is 10.0. The predicted molar refractivity (Wildman–Crippen MR) is 111 cm³/mol. The van der Waals surface area contributed by atoms with Crippen molar-refractivity contribution in [3.05, 3.63) is 69.9 Å². The number of imidazole rings is 1. The highest BCUT2D eigenvalue weighted by Gasteiger charge is 2.31. The van der Waals surface area contributed by atoms with E-state index >= 15 is 0 Å². The lowest BCUT2D eigenvalue weighted by atomic mass is 10.2. The summed E-state index contributed by atoms with van der Waals surface area (Å²) >= 11 is 6.53. The second-order valence-corrected chi connectivity index (χ2v) is 7.63. The Hall–Kier alpha value is -3.05. The van der Waals surface area contributed by atoms with Gasteiger partial charge in [0, 0.05) is 11.1 Å². The number of rotatable bonds is 7. The van der Waals surface area contributed by atoms with Gasteiger partial charge in [-0.25, -0.2) is 4.98 Å². The Morgan fingerprint density at radius 1 is 1.23 bits per heavy atom. The minimum absolute atomic E-state index is 0.00284. The molecule has 162 valence electrons. The Labute approximate surface area is 183 Å². The molecule has 0 atom stereocenters. The number of halogens is 4. The monoisotopic (exact) mass is 470 g/mol. The first-order chi connectivity index (χ1) is 14.6. The fourth-order valence-corrected chi connectivity index (χ4v) is 3.67. The van der Waals surface area contributed by atoms with Crippen LogP contribution < -0.4 is 5.32 Å². The number of nitrogens with one attached hydrogen (secondary N) is 1. The van der Waals surface area contributed by atoms with Crippen molar-refractivity contribution in [2.45, 2.75) is 17.9 Å². The molecule has 31 heavy (non-hydrogen) atoms. The van der Waals surface area contributed by atoms with Gasteiger partial charge in [0.1, 0.15) is 12.2 Å². The van der Waals surface area contributed by atoms with Crippen molar-refractivity contribution in [3.63, 3.8) is 0 Å². The van der Waals surface area contributed by atoms with Crippen LogP contribution in [0.4, 0.5) is 24.5 Å². The molecule has 0 aliphatic heterocycles. The van der Waals surface area contributed by atoms with Gasteiger partial charge in [0.2, 0.25) is 5.91 Å². The summed E-state index contributed by atoms with van der Waals surface area (Å²) in [6.45, 7) is -1.27. The molecule has 1 amide bonds. The number of hydrogen-bond donors (Lipinski definition) is 1. The molecule has 2 aromatic carbocycles. The number of thioether (sulfide) groups is 1. The molecule has 0 fully saturated rings. The number of anilines is 1. The number of hydrogen-bond acceptors (Lipinski definition) is 5. The van der Waals surface area contributed by atoms with Crippen molar-refractivity contribution in [3.8, 4) is 11.3 Å². The number of nitro benzene ring substituents is 1. The molecule has 0 spiro atoms. The van der Waals surface area contributed by atoms with E-state index in [2.05, 4.69) is 10.3 Å². The lowest BCUT2D eigenvalue weighted by Gasteiger charge is -2.14. The summed E-state index contributed by atoms with van der Waals surface area (Å²) in [7, 11) is 0. The Balaban J connectivity index is 1.78. The summed E-state index contributed by atoms with van der Waals surface area (Å²) in [6, 6.07) is 12.2. The molecular weight excluding hydrogens is 457 g/mol. The minimum Gasteiger partial charge on any atom is -0.320 e. The summed E-state index contributed by atoms with van der Waals surface area (Å²) in [4.78, 5) is 26.7. The van der Waals surface area contributed by atoms with Crippen LogP contribution in [0.2, 0.25) is 5.02 Å². The van der Waals surface area contributed by atoms with Gasteiger partial charge < -0.3 is 9.88 Å². The number of benzene rings is 2. The van der Waals surface area contributed by atoms with Crippen molar-refractivity contribution >= 4 is 40.6 Å². The highest BCUT2D eigenvalue weighted by Crippen LogP contribution is 2.31. The van der Waals surface area contributed by atoms with E-state index in [1.807, 2.05) is 0 Å². The van der Waals surface area contributed by atoms with E-state index in [1.54, 1.807) is 30.3 Å². The molecule has 0 radical (unpaired) electrons. The summed E-state index contributed by atoms with van der Waals surface area (Å²) in [5, 5.41) is 13.6. The van der Waals surface area contributed by atoms with Crippen LogP contribution in [0.15, 0.2) is 59.9 Å². The normalized spacial score (nSPS) is 11.4. The summed E-state index contributed by atoms with van der Waals surface area (Å²) in [6.07, 6.45) is -3.18. The van der Waals surface area contributed by atoms with Crippen LogP contribution in [0, 0.1) is 10.1 Å². The molecule has 0 saturated heterocycles. The number of aromatic nitrogens is 2. The number of carbonyl (C=O) groups is 1. The maximum atomic E-state index is 13.1. The molecule has 3 rings (SSSR count). The average Bonchev–Trinajstić information content (AvgIpc) is 3.09. The Bertz CT molecular complexity index is 1110. The number of carbonyl (C=O) groups excluding carboxylic acids is 1. The number of nitrogens with zero attached hydrogens (tertiary/aromatic N) is 3. The van der Waals surface area contributed by atoms with Crippen molar-refractivity contribution < 1.29 is 22.9 Å². The first kappa shape index (κ1) is 22.6. The Morgan fingerprint density at radius 3 is 2.58 bits per heavy atom. The van der Waals surface area contributed by atoms with Gasteiger partial charge >= 0.3 is 6.18 Å². The second-order valence-electron chi connectivity index (χ2n) is 6.25.